The minimum atomic E-state index is -0.773. The number of hydrogen-bond donors (Lipinski definition) is 3. The average Bonchev–Trinajstić information content (AvgIpc) is 3.26. The van der Waals surface area contributed by atoms with Crippen LogP contribution < -0.4 is 11.1 Å². The third kappa shape index (κ3) is 2.70. The highest BCUT2D eigenvalue weighted by Crippen LogP contribution is 2.46. The molecule has 4 N–H and O–H groups in total. The van der Waals surface area contributed by atoms with Crippen LogP contribution in [-0.4, -0.2) is 23.5 Å². The second-order valence-corrected chi connectivity index (χ2v) is 5.09. The molecule has 5 heteroatoms. The number of rotatable bonds is 5. The molecular weight excluding hydrogens is 242 g/mol. The topological polar surface area (TPSA) is 87.7 Å². The molecule has 0 bridgehead atoms. The number of hydrogen-bond acceptors (Lipinski definition) is 3. The van der Waals surface area contributed by atoms with Crippen molar-refractivity contribution in [2.75, 3.05) is 6.54 Å². The van der Waals surface area contributed by atoms with E-state index in [1.54, 1.807) is 0 Å². The summed E-state index contributed by atoms with van der Waals surface area (Å²) in [7, 11) is 0. The Morgan fingerprint density at radius 2 is 2.11 bits per heavy atom. The van der Waals surface area contributed by atoms with Crippen LogP contribution in [-0.2, 0) is 4.79 Å². The quantitative estimate of drug-likeness (QED) is 0.324. The first-order valence-electron chi connectivity index (χ1n) is 6.41. The molecule has 2 rings (SSSR count). The Hall–Kier alpha value is -2.04. The zero-order valence-electron chi connectivity index (χ0n) is 11.0. The molecule has 102 valence electrons. The predicted octanol–water partition coefficient (Wildman–Crippen LogP) is 1.43. The largest absolute Gasteiger partial charge is 0.409 e. The zero-order valence-corrected chi connectivity index (χ0v) is 11.0. The van der Waals surface area contributed by atoms with E-state index in [-0.39, 0.29) is 17.7 Å². The number of amides is 1. The van der Waals surface area contributed by atoms with Crippen molar-refractivity contribution in [3.63, 3.8) is 0 Å². The fraction of sp³-hybridized carbons (Fsp3) is 0.429. The summed E-state index contributed by atoms with van der Waals surface area (Å²) >= 11 is 0. The molecule has 19 heavy (non-hydrogen) atoms. The number of benzene rings is 1. The fourth-order valence-corrected chi connectivity index (χ4v) is 2.13. The van der Waals surface area contributed by atoms with Gasteiger partial charge in [0.15, 0.2) is 5.84 Å². The summed E-state index contributed by atoms with van der Waals surface area (Å²) in [5.74, 6) is 0.0937. The summed E-state index contributed by atoms with van der Waals surface area (Å²) < 4.78 is 0. The van der Waals surface area contributed by atoms with Crippen molar-refractivity contribution in [3.8, 4) is 0 Å². The van der Waals surface area contributed by atoms with E-state index in [0.29, 0.717) is 19.4 Å². The van der Waals surface area contributed by atoms with E-state index in [0.717, 1.165) is 0 Å². The standard InChI is InChI=1S/C14H19N3O2/c1-10(11-5-3-2-4-6-11)9-16-13(18)14(7-8-14)12(15)17-19/h2-6,10,19H,7-9H2,1H3,(H2,15,17)(H,16,18). The van der Waals surface area contributed by atoms with E-state index < -0.39 is 5.41 Å². The third-order valence-electron chi connectivity index (χ3n) is 3.72. The molecule has 1 atom stereocenters. The Balaban J connectivity index is 1.91. The molecule has 0 heterocycles. The zero-order chi connectivity index (χ0) is 13.9. The molecular formula is C14H19N3O2. The second kappa shape index (κ2) is 5.30. The van der Waals surface area contributed by atoms with Gasteiger partial charge < -0.3 is 16.3 Å². The van der Waals surface area contributed by atoms with E-state index >= 15 is 0 Å². The van der Waals surface area contributed by atoms with Gasteiger partial charge in [0.25, 0.3) is 0 Å². The van der Waals surface area contributed by atoms with Gasteiger partial charge in [-0.05, 0) is 24.3 Å². The molecule has 0 aromatic heterocycles. The molecule has 1 saturated carbocycles. The summed E-state index contributed by atoms with van der Waals surface area (Å²) in [5.41, 5.74) is 5.98. The molecule has 0 radical (unpaired) electrons. The van der Waals surface area contributed by atoms with Gasteiger partial charge in [0.2, 0.25) is 5.91 Å². The van der Waals surface area contributed by atoms with Crippen molar-refractivity contribution in [1.82, 2.24) is 5.32 Å². The normalized spacial score (nSPS) is 18.7. The van der Waals surface area contributed by atoms with Crippen LogP contribution in [0, 0.1) is 5.41 Å². The number of carbonyl (C=O) groups is 1. The minimum absolute atomic E-state index is 0.0114. The number of carbonyl (C=O) groups excluding carboxylic acids is 1. The summed E-state index contributed by atoms with van der Waals surface area (Å²) in [6.07, 6.45) is 1.29. The van der Waals surface area contributed by atoms with Crippen molar-refractivity contribution < 1.29 is 10.0 Å². The molecule has 0 spiro atoms. The lowest BCUT2D eigenvalue weighted by atomic mass is 10.00. The van der Waals surface area contributed by atoms with Gasteiger partial charge in [-0.15, -0.1) is 0 Å². The maximum Gasteiger partial charge on any atom is 0.233 e. The van der Waals surface area contributed by atoms with Gasteiger partial charge >= 0.3 is 0 Å². The predicted molar refractivity (Wildman–Crippen MR) is 72.9 cm³/mol. The average molecular weight is 261 g/mol. The summed E-state index contributed by atoms with van der Waals surface area (Å²) in [5, 5.41) is 14.5. The Kier molecular flexibility index (Phi) is 3.74. The van der Waals surface area contributed by atoms with Crippen molar-refractivity contribution in [2.24, 2.45) is 16.3 Å². The van der Waals surface area contributed by atoms with Crippen molar-refractivity contribution in [2.45, 2.75) is 25.7 Å². The monoisotopic (exact) mass is 261 g/mol. The molecule has 5 nitrogen and oxygen atoms in total. The van der Waals surface area contributed by atoms with Crippen molar-refractivity contribution in [3.05, 3.63) is 35.9 Å². The van der Waals surface area contributed by atoms with Crippen molar-refractivity contribution in [1.29, 1.82) is 0 Å². The lowest BCUT2D eigenvalue weighted by molar-refractivity contribution is -0.124. The highest BCUT2D eigenvalue weighted by Gasteiger charge is 2.54. The van der Waals surface area contributed by atoms with Gasteiger partial charge in [-0.25, -0.2) is 0 Å². The van der Waals surface area contributed by atoms with Crippen LogP contribution in [0.5, 0.6) is 0 Å². The van der Waals surface area contributed by atoms with Crippen molar-refractivity contribution >= 4 is 11.7 Å². The van der Waals surface area contributed by atoms with Gasteiger partial charge in [0.1, 0.15) is 5.41 Å². The van der Waals surface area contributed by atoms with E-state index in [2.05, 4.69) is 17.4 Å². The molecule has 0 saturated heterocycles. The third-order valence-corrected chi connectivity index (χ3v) is 3.72. The van der Waals surface area contributed by atoms with Gasteiger partial charge in [0.05, 0.1) is 0 Å². The van der Waals surface area contributed by atoms with Gasteiger partial charge in [-0.2, -0.15) is 0 Å². The molecule has 1 amide bonds. The highest BCUT2D eigenvalue weighted by atomic mass is 16.4. The number of nitrogens with one attached hydrogen (secondary N) is 1. The van der Waals surface area contributed by atoms with Crippen LogP contribution in [0.1, 0.15) is 31.2 Å². The SMILES string of the molecule is CC(CNC(=O)C1(/C(N)=N/O)CC1)c1ccccc1. The Morgan fingerprint density at radius 1 is 1.47 bits per heavy atom. The van der Waals surface area contributed by atoms with Crippen LogP contribution in [0.15, 0.2) is 35.5 Å². The van der Waals surface area contributed by atoms with Crippen LogP contribution in [0.3, 0.4) is 0 Å². The molecule has 1 aromatic rings. The first-order chi connectivity index (χ1) is 9.10. The van der Waals surface area contributed by atoms with E-state index in [4.69, 9.17) is 10.9 Å². The first kappa shape index (κ1) is 13.4. The molecule has 1 unspecified atom stereocenters. The Bertz CT molecular complexity index is 481. The van der Waals surface area contributed by atoms with Crippen LogP contribution in [0.25, 0.3) is 0 Å². The molecule has 1 aromatic carbocycles. The Labute approximate surface area is 112 Å². The Morgan fingerprint density at radius 3 is 2.63 bits per heavy atom. The molecule has 1 aliphatic rings. The minimum Gasteiger partial charge on any atom is -0.409 e. The molecule has 0 aliphatic heterocycles. The van der Waals surface area contributed by atoms with Crippen LogP contribution >= 0.6 is 0 Å². The smallest absolute Gasteiger partial charge is 0.233 e. The second-order valence-electron chi connectivity index (χ2n) is 5.09. The summed E-state index contributed by atoms with van der Waals surface area (Å²) in [4.78, 5) is 12.1. The maximum atomic E-state index is 12.1. The maximum absolute atomic E-state index is 12.1. The fourth-order valence-electron chi connectivity index (χ4n) is 2.13. The van der Waals surface area contributed by atoms with E-state index in [9.17, 15) is 4.79 Å². The van der Waals surface area contributed by atoms with Gasteiger partial charge in [0, 0.05) is 6.54 Å². The molecule has 1 aliphatic carbocycles. The lowest BCUT2D eigenvalue weighted by Gasteiger charge is -2.17. The number of oxime groups is 1. The molecule has 1 fully saturated rings. The first-order valence-corrected chi connectivity index (χ1v) is 6.41. The van der Waals surface area contributed by atoms with Crippen LogP contribution in [0.4, 0.5) is 0 Å². The number of nitrogens with zero attached hydrogens (tertiary/aromatic N) is 1. The highest BCUT2D eigenvalue weighted by molar-refractivity contribution is 6.09. The van der Waals surface area contributed by atoms with Crippen LogP contribution in [0.2, 0.25) is 0 Å². The van der Waals surface area contributed by atoms with E-state index in [1.807, 2.05) is 30.3 Å². The number of amidine groups is 1. The van der Waals surface area contributed by atoms with Gasteiger partial charge in [-0.3, -0.25) is 4.79 Å². The summed E-state index contributed by atoms with van der Waals surface area (Å²) in [6, 6.07) is 9.99. The van der Waals surface area contributed by atoms with Gasteiger partial charge in [-0.1, -0.05) is 42.4 Å². The lowest BCUT2D eigenvalue weighted by Crippen LogP contribution is -2.41. The van der Waals surface area contributed by atoms with E-state index in [1.165, 1.54) is 5.56 Å². The summed E-state index contributed by atoms with van der Waals surface area (Å²) in [6.45, 7) is 2.60. The number of nitrogens with two attached hydrogens (primary N) is 1.